The predicted molar refractivity (Wildman–Crippen MR) is 108 cm³/mol. The Kier molecular flexibility index (Phi) is 5.98. The molecule has 0 N–H and O–H groups in total. The van der Waals surface area contributed by atoms with Gasteiger partial charge in [-0.3, -0.25) is 4.79 Å². The maximum atomic E-state index is 13.2. The van der Waals surface area contributed by atoms with Crippen LogP contribution in [0.1, 0.15) is 34.8 Å². The lowest BCUT2D eigenvalue weighted by molar-refractivity contribution is 0.0735. The topological polar surface area (TPSA) is 66.9 Å². The third-order valence-corrected chi connectivity index (χ3v) is 7.25. The lowest BCUT2D eigenvalue weighted by atomic mass is 10.0. The third-order valence-electron chi connectivity index (χ3n) is 4.95. The minimum atomic E-state index is -3.74. The summed E-state index contributed by atoms with van der Waals surface area (Å²) in [5.41, 5.74) is 1.34. The van der Waals surface area contributed by atoms with Crippen molar-refractivity contribution in [2.45, 2.75) is 23.8 Å². The van der Waals surface area contributed by atoms with Crippen molar-refractivity contribution in [3.63, 3.8) is 0 Å². The first-order valence-corrected chi connectivity index (χ1v) is 10.7. The second kappa shape index (κ2) is 8.11. The Morgan fingerprint density at radius 3 is 2.46 bits per heavy atom. The summed E-state index contributed by atoms with van der Waals surface area (Å²) in [6, 6.07) is 12.0. The van der Waals surface area contributed by atoms with Crippen LogP contribution in [0.5, 0.6) is 5.75 Å². The average molecular weight is 423 g/mol. The van der Waals surface area contributed by atoms with Gasteiger partial charge in [-0.05, 0) is 48.7 Å². The summed E-state index contributed by atoms with van der Waals surface area (Å²) in [5, 5.41) is 0.0957. The molecule has 0 aromatic heterocycles. The van der Waals surface area contributed by atoms with Gasteiger partial charge in [0, 0.05) is 26.2 Å². The first-order chi connectivity index (χ1) is 13.3. The van der Waals surface area contributed by atoms with Gasteiger partial charge >= 0.3 is 0 Å². The maximum Gasteiger partial charge on any atom is 0.254 e. The van der Waals surface area contributed by atoms with Crippen LogP contribution in [0.3, 0.4) is 0 Å². The van der Waals surface area contributed by atoms with Crippen LogP contribution in [0.15, 0.2) is 47.4 Å². The molecule has 1 saturated heterocycles. The van der Waals surface area contributed by atoms with Crippen LogP contribution in [0.2, 0.25) is 5.02 Å². The number of hydrogen-bond donors (Lipinski definition) is 0. The predicted octanol–water partition coefficient (Wildman–Crippen LogP) is 3.58. The van der Waals surface area contributed by atoms with E-state index in [1.807, 2.05) is 24.3 Å². The van der Waals surface area contributed by atoms with Gasteiger partial charge in [-0.2, -0.15) is 0 Å². The molecule has 1 aliphatic rings. The number of hydrogen-bond acceptors (Lipinski definition) is 4. The molecule has 6 nitrogen and oxygen atoms in total. The highest BCUT2D eigenvalue weighted by Gasteiger charge is 2.31. The fraction of sp³-hybridized carbons (Fsp3) is 0.350. The fourth-order valence-corrected chi connectivity index (χ4v) is 4.77. The van der Waals surface area contributed by atoms with Gasteiger partial charge in [0.2, 0.25) is 10.0 Å². The maximum absolute atomic E-state index is 13.2. The van der Waals surface area contributed by atoms with Crippen LogP contribution in [-0.4, -0.2) is 51.3 Å². The van der Waals surface area contributed by atoms with E-state index in [0.29, 0.717) is 12.1 Å². The Morgan fingerprint density at radius 1 is 1.18 bits per heavy atom. The molecule has 1 unspecified atom stereocenters. The number of likely N-dealkylation sites (tertiary alicyclic amines) is 1. The van der Waals surface area contributed by atoms with Crippen molar-refractivity contribution in [2.24, 2.45) is 0 Å². The van der Waals surface area contributed by atoms with E-state index >= 15 is 0 Å². The molecule has 0 aliphatic carbocycles. The summed E-state index contributed by atoms with van der Waals surface area (Å²) in [7, 11) is 0.729. The Labute approximate surface area is 170 Å². The van der Waals surface area contributed by atoms with Crippen LogP contribution in [0.4, 0.5) is 0 Å². The van der Waals surface area contributed by atoms with Crippen LogP contribution < -0.4 is 4.74 Å². The average Bonchev–Trinajstić information content (AvgIpc) is 3.17. The lowest BCUT2D eigenvalue weighted by Crippen LogP contribution is -2.31. The van der Waals surface area contributed by atoms with E-state index in [1.54, 1.807) is 18.1 Å². The number of rotatable bonds is 5. The number of carbonyl (C=O) groups is 1. The molecular weight excluding hydrogens is 400 g/mol. The van der Waals surface area contributed by atoms with Gasteiger partial charge in [0.1, 0.15) is 10.6 Å². The molecule has 3 rings (SSSR count). The van der Waals surface area contributed by atoms with Crippen LogP contribution in [0, 0.1) is 0 Å². The monoisotopic (exact) mass is 422 g/mol. The highest BCUT2D eigenvalue weighted by molar-refractivity contribution is 7.89. The zero-order valence-electron chi connectivity index (χ0n) is 16.1. The number of methoxy groups -OCH3 is 1. The molecule has 0 bridgehead atoms. The minimum Gasteiger partial charge on any atom is -0.497 e. The van der Waals surface area contributed by atoms with Crippen molar-refractivity contribution in [1.82, 2.24) is 9.21 Å². The van der Waals surface area contributed by atoms with Gasteiger partial charge in [0.05, 0.1) is 18.2 Å². The van der Waals surface area contributed by atoms with E-state index in [0.717, 1.165) is 28.5 Å². The molecule has 8 heteroatoms. The largest absolute Gasteiger partial charge is 0.497 e. The lowest BCUT2D eigenvalue weighted by Gasteiger charge is -2.26. The molecule has 1 amide bonds. The smallest absolute Gasteiger partial charge is 0.254 e. The highest BCUT2D eigenvalue weighted by atomic mass is 35.5. The number of benzene rings is 2. The first-order valence-electron chi connectivity index (χ1n) is 8.92. The van der Waals surface area contributed by atoms with Gasteiger partial charge in [0.15, 0.2) is 0 Å². The van der Waals surface area contributed by atoms with Gasteiger partial charge < -0.3 is 9.64 Å². The molecule has 0 spiro atoms. The molecule has 28 heavy (non-hydrogen) atoms. The summed E-state index contributed by atoms with van der Waals surface area (Å²) < 4.78 is 31.3. The Bertz CT molecular complexity index is 974. The van der Waals surface area contributed by atoms with Crippen LogP contribution >= 0.6 is 11.6 Å². The zero-order valence-corrected chi connectivity index (χ0v) is 17.6. The quantitative estimate of drug-likeness (QED) is 0.738. The molecular formula is C20H23ClN2O4S. The second-order valence-corrected chi connectivity index (χ2v) is 9.39. The van der Waals surface area contributed by atoms with Crippen LogP contribution in [-0.2, 0) is 10.0 Å². The van der Waals surface area contributed by atoms with Crippen molar-refractivity contribution in [1.29, 1.82) is 0 Å². The van der Waals surface area contributed by atoms with Gasteiger partial charge in [-0.25, -0.2) is 12.7 Å². The summed E-state index contributed by atoms with van der Waals surface area (Å²) >= 11 is 6.10. The van der Waals surface area contributed by atoms with Crippen LogP contribution in [0.25, 0.3) is 0 Å². The van der Waals surface area contributed by atoms with Crippen molar-refractivity contribution >= 4 is 27.5 Å². The number of nitrogens with zero attached hydrogens (tertiary/aromatic N) is 2. The van der Waals surface area contributed by atoms with Gasteiger partial charge in [-0.15, -0.1) is 0 Å². The first kappa shape index (κ1) is 20.6. The number of sulfonamides is 1. The molecule has 150 valence electrons. The van der Waals surface area contributed by atoms with E-state index < -0.39 is 10.0 Å². The number of amides is 1. The van der Waals surface area contributed by atoms with E-state index in [-0.39, 0.29) is 21.9 Å². The van der Waals surface area contributed by atoms with E-state index in [2.05, 4.69) is 0 Å². The fourth-order valence-electron chi connectivity index (χ4n) is 3.38. The summed E-state index contributed by atoms with van der Waals surface area (Å²) in [6.07, 6.45) is 1.74. The minimum absolute atomic E-state index is 0.0528. The number of halogens is 1. The van der Waals surface area contributed by atoms with Gasteiger partial charge in [-0.1, -0.05) is 23.7 Å². The van der Waals surface area contributed by atoms with Gasteiger partial charge in [0.25, 0.3) is 5.91 Å². The molecule has 2 aromatic rings. The van der Waals surface area contributed by atoms with E-state index in [1.165, 1.54) is 26.2 Å². The molecule has 2 aromatic carbocycles. The SMILES string of the molecule is COc1ccc(C2CCCN2C(=O)c2ccc(Cl)c(S(=O)(=O)N(C)C)c2)cc1. The molecule has 1 aliphatic heterocycles. The second-order valence-electron chi connectivity index (χ2n) is 6.86. The normalized spacial score (nSPS) is 17.2. The summed E-state index contributed by atoms with van der Waals surface area (Å²) in [4.78, 5) is 14.9. The third kappa shape index (κ3) is 3.87. The van der Waals surface area contributed by atoms with E-state index in [4.69, 9.17) is 16.3 Å². The zero-order chi connectivity index (χ0) is 20.5. The molecule has 1 heterocycles. The van der Waals surface area contributed by atoms with E-state index in [9.17, 15) is 13.2 Å². The molecule has 1 atom stereocenters. The Hall–Kier alpha value is -2.09. The molecule has 0 saturated carbocycles. The van der Waals surface area contributed by atoms with Crippen molar-refractivity contribution < 1.29 is 17.9 Å². The Morgan fingerprint density at radius 2 is 1.86 bits per heavy atom. The number of ether oxygens (including phenoxy) is 1. The number of carbonyl (C=O) groups excluding carboxylic acids is 1. The summed E-state index contributed by atoms with van der Waals surface area (Å²) in [6.45, 7) is 0.619. The Balaban J connectivity index is 1.92. The highest BCUT2D eigenvalue weighted by Crippen LogP contribution is 2.34. The van der Waals surface area contributed by atoms with Crippen molar-refractivity contribution in [2.75, 3.05) is 27.7 Å². The van der Waals surface area contributed by atoms with Crippen molar-refractivity contribution in [3.8, 4) is 5.75 Å². The molecule has 1 fully saturated rings. The molecule has 0 radical (unpaired) electrons. The standard InChI is InChI=1S/C20H23ClN2O4S/c1-22(2)28(25,26)19-13-15(8-11-17(19)21)20(24)23-12-4-5-18(23)14-6-9-16(27-3)10-7-14/h6-11,13,18H,4-5,12H2,1-3H3. The summed E-state index contributed by atoms with van der Waals surface area (Å²) in [5.74, 6) is 0.557. The van der Waals surface area contributed by atoms with Crippen molar-refractivity contribution in [3.05, 3.63) is 58.6 Å².